The molecule has 0 unspecified atom stereocenters. The highest BCUT2D eigenvalue weighted by Crippen LogP contribution is 2.27. The van der Waals surface area contributed by atoms with E-state index in [0.717, 1.165) is 44.8 Å². The molecule has 1 aromatic carbocycles. The Kier molecular flexibility index (Phi) is 6.69. The number of ether oxygens (including phenoxy) is 1. The number of benzene rings is 1. The zero-order valence-electron chi connectivity index (χ0n) is 19.9. The number of aryl methyl sites for hydroxylation is 2. The number of anilines is 1. The van der Waals surface area contributed by atoms with Crippen molar-refractivity contribution in [3.05, 3.63) is 69.6 Å². The maximum atomic E-state index is 13.6. The van der Waals surface area contributed by atoms with Gasteiger partial charge in [-0.05, 0) is 48.9 Å². The molecule has 9 nitrogen and oxygen atoms in total. The van der Waals surface area contributed by atoms with Crippen LogP contribution < -0.4 is 20.8 Å². The lowest BCUT2D eigenvalue weighted by atomic mass is 10.2. The van der Waals surface area contributed by atoms with Crippen LogP contribution in [0.2, 0.25) is 5.02 Å². The van der Waals surface area contributed by atoms with Gasteiger partial charge in [0.15, 0.2) is 0 Å². The highest BCUT2D eigenvalue weighted by molar-refractivity contribution is 7.91. The lowest BCUT2D eigenvalue weighted by Gasteiger charge is -2.23. The molecule has 3 aromatic heterocycles. The van der Waals surface area contributed by atoms with Gasteiger partial charge in [-0.3, -0.25) is 9.20 Å². The van der Waals surface area contributed by atoms with E-state index in [1.807, 2.05) is 13.0 Å². The van der Waals surface area contributed by atoms with E-state index in [9.17, 15) is 13.2 Å². The van der Waals surface area contributed by atoms with Crippen molar-refractivity contribution in [1.29, 1.82) is 0 Å². The van der Waals surface area contributed by atoms with Crippen molar-refractivity contribution < 1.29 is 22.6 Å². The van der Waals surface area contributed by atoms with E-state index >= 15 is 0 Å². The summed E-state index contributed by atoms with van der Waals surface area (Å²) in [6.07, 6.45) is 2.43. The fraction of sp³-hybridized carbons (Fsp3) is 0.320. The number of halogens is 1. The Morgan fingerprint density at radius 2 is 1.89 bits per heavy atom. The molecule has 11 heteroatoms. The number of hydrogen-bond acceptors (Lipinski definition) is 6. The van der Waals surface area contributed by atoms with Crippen LogP contribution in [0.5, 0.6) is 0 Å². The standard InChI is InChI=1S/C25H26ClN5O4S/c1-17-3-8-22-28-24-20(25(32)31(22)16-17)15-21(36(33,34)19-6-4-18(26)5-7-19)23(27)30(24)10-2-9-29-11-13-35-14-12-29/h3-8,15-16,27H,2,9-14H2,1H3/p+2. The zero-order valence-corrected chi connectivity index (χ0v) is 21.5. The third kappa shape index (κ3) is 4.57. The van der Waals surface area contributed by atoms with Gasteiger partial charge >= 0.3 is 0 Å². The summed E-state index contributed by atoms with van der Waals surface area (Å²) in [7, 11) is -4.03. The smallest absolute Gasteiger partial charge is 0.278 e. The lowest BCUT2D eigenvalue weighted by molar-refractivity contribution is -0.910. The number of rotatable bonds is 6. The Hall–Kier alpha value is -3.05. The van der Waals surface area contributed by atoms with Crippen molar-refractivity contribution in [3.63, 3.8) is 0 Å². The number of hydrogen-bond donors (Lipinski definition) is 2. The van der Waals surface area contributed by atoms with Gasteiger partial charge in [-0.15, -0.1) is 0 Å². The van der Waals surface area contributed by atoms with E-state index < -0.39 is 9.84 Å². The predicted molar refractivity (Wildman–Crippen MR) is 136 cm³/mol. The molecular formula is C25H28ClN5O4S+2. The fourth-order valence-electron chi connectivity index (χ4n) is 4.61. The second-order valence-electron chi connectivity index (χ2n) is 9.06. The minimum atomic E-state index is -4.03. The van der Waals surface area contributed by atoms with Gasteiger partial charge in [0.05, 0.1) is 31.2 Å². The number of nitrogens with one attached hydrogen (secondary N) is 1. The molecule has 0 spiro atoms. The van der Waals surface area contributed by atoms with Gasteiger partial charge in [-0.25, -0.2) is 13.0 Å². The Bertz CT molecular complexity index is 1610. The molecule has 4 aromatic rings. The molecule has 0 atom stereocenters. The molecule has 1 fully saturated rings. The highest BCUT2D eigenvalue weighted by Gasteiger charge is 2.29. The summed E-state index contributed by atoms with van der Waals surface area (Å²) in [5.74, 6) is 0.0535. The maximum Gasteiger partial charge on any atom is 0.278 e. The maximum absolute atomic E-state index is 13.6. The number of morpholine rings is 1. The van der Waals surface area contributed by atoms with E-state index in [0.29, 0.717) is 22.9 Å². The van der Waals surface area contributed by atoms with Gasteiger partial charge in [0.1, 0.15) is 23.4 Å². The topological polar surface area (TPSA) is 112 Å². The van der Waals surface area contributed by atoms with Gasteiger partial charge in [-0.1, -0.05) is 22.7 Å². The van der Waals surface area contributed by atoms with E-state index in [4.69, 9.17) is 27.1 Å². The molecule has 0 saturated carbocycles. The van der Waals surface area contributed by atoms with Crippen LogP contribution in [-0.2, 0) is 21.1 Å². The van der Waals surface area contributed by atoms with Crippen LogP contribution in [0.25, 0.3) is 16.7 Å². The summed E-state index contributed by atoms with van der Waals surface area (Å²) in [5.41, 5.74) is 7.90. The average molecular weight is 530 g/mol. The van der Waals surface area contributed by atoms with E-state index in [-0.39, 0.29) is 26.6 Å². The molecule has 188 valence electrons. The Labute approximate surface area is 213 Å². The van der Waals surface area contributed by atoms with Crippen molar-refractivity contribution in [1.82, 2.24) is 9.38 Å². The van der Waals surface area contributed by atoms with E-state index in [2.05, 4.69) is 0 Å². The van der Waals surface area contributed by atoms with Crippen LogP contribution in [0.15, 0.2) is 63.2 Å². The summed E-state index contributed by atoms with van der Waals surface area (Å²) in [6, 6.07) is 10.9. The molecular weight excluding hydrogens is 502 g/mol. The Morgan fingerprint density at radius 1 is 1.17 bits per heavy atom. The van der Waals surface area contributed by atoms with Crippen molar-refractivity contribution in [2.75, 3.05) is 38.6 Å². The molecule has 3 N–H and O–H groups in total. The number of aromatic nitrogens is 3. The average Bonchev–Trinajstić information content (AvgIpc) is 2.87. The largest absolute Gasteiger partial charge is 0.370 e. The van der Waals surface area contributed by atoms with Gasteiger partial charge in [-0.2, -0.15) is 0 Å². The third-order valence-corrected chi connectivity index (χ3v) is 8.64. The van der Waals surface area contributed by atoms with E-state index in [1.165, 1.54) is 39.6 Å². The molecule has 4 heterocycles. The van der Waals surface area contributed by atoms with Gasteiger partial charge in [0.25, 0.3) is 11.2 Å². The highest BCUT2D eigenvalue weighted by atomic mass is 35.5. The van der Waals surface area contributed by atoms with Crippen molar-refractivity contribution in [3.8, 4) is 0 Å². The van der Waals surface area contributed by atoms with Crippen LogP contribution in [-0.4, -0.2) is 50.7 Å². The number of sulfone groups is 1. The number of nitrogens with zero attached hydrogens (tertiary/aromatic N) is 3. The zero-order chi connectivity index (χ0) is 25.4. The monoisotopic (exact) mass is 529 g/mol. The number of pyridine rings is 2. The SMILES string of the molecule is Cc1ccc2nc3c(cc(S(=O)(=O)c4ccc(Cl)cc4)c(N)[n+]3CCC[NH+]3CCOCC3)c(=O)n2c1. The summed E-state index contributed by atoms with van der Waals surface area (Å²) in [5, 5.41) is 0.615. The summed E-state index contributed by atoms with van der Waals surface area (Å²) >= 11 is 5.97. The molecule has 36 heavy (non-hydrogen) atoms. The van der Waals surface area contributed by atoms with Gasteiger partial charge in [0, 0.05) is 17.6 Å². The van der Waals surface area contributed by atoms with Crippen LogP contribution in [0.4, 0.5) is 5.82 Å². The first-order chi connectivity index (χ1) is 17.3. The van der Waals surface area contributed by atoms with Gasteiger partial charge < -0.3 is 15.4 Å². The van der Waals surface area contributed by atoms with Crippen LogP contribution in [0.1, 0.15) is 12.0 Å². The molecule has 1 saturated heterocycles. The molecule has 0 amide bonds. The molecule has 1 aliphatic rings. The minimum absolute atomic E-state index is 0.0481. The first-order valence-electron chi connectivity index (χ1n) is 11.8. The molecule has 0 radical (unpaired) electrons. The van der Waals surface area contributed by atoms with Gasteiger partial charge in [0.2, 0.25) is 21.3 Å². The third-order valence-electron chi connectivity index (χ3n) is 6.59. The summed E-state index contributed by atoms with van der Waals surface area (Å²) < 4.78 is 35.8. The molecule has 0 bridgehead atoms. The Balaban J connectivity index is 1.68. The molecule has 0 aliphatic carbocycles. The summed E-state index contributed by atoms with van der Waals surface area (Å²) in [6.45, 7) is 6.48. The number of nitrogens with two attached hydrogens (primary N) is 1. The summed E-state index contributed by atoms with van der Waals surface area (Å²) in [4.78, 5) is 19.6. The predicted octanol–water partition coefficient (Wildman–Crippen LogP) is 0.817. The second kappa shape index (κ2) is 9.78. The van der Waals surface area contributed by atoms with Crippen LogP contribution in [0.3, 0.4) is 0 Å². The second-order valence-corrected chi connectivity index (χ2v) is 11.4. The van der Waals surface area contributed by atoms with Crippen molar-refractivity contribution in [2.24, 2.45) is 0 Å². The lowest BCUT2D eigenvalue weighted by Crippen LogP contribution is -3.14. The van der Waals surface area contributed by atoms with E-state index in [1.54, 1.807) is 16.8 Å². The number of nitrogen functional groups attached to an aromatic ring is 1. The van der Waals surface area contributed by atoms with Crippen molar-refractivity contribution >= 4 is 43.9 Å². The van der Waals surface area contributed by atoms with Crippen LogP contribution in [0, 0.1) is 6.92 Å². The minimum Gasteiger partial charge on any atom is -0.370 e. The fourth-order valence-corrected chi connectivity index (χ4v) is 6.14. The van der Waals surface area contributed by atoms with Crippen LogP contribution >= 0.6 is 11.6 Å². The number of quaternary nitrogens is 1. The first-order valence-corrected chi connectivity index (χ1v) is 13.7. The number of fused-ring (bicyclic) bond motifs is 2. The Morgan fingerprint density at radius 3 is 2.61 bits per heavy atom. The normalized spacial score (nSPS) is 15.1. The first kappa shape index (κ1) is 24.6. The molecule has 1 aliphatic heterocycles. The molecule has 5 rings (SSSR count). The van der Waals surface area contributed by atoms with Crippen molar-refractivity contribution in [2.45, 2.75) is 29.7 Å². The quantitative estimate of drug-likeness (QED) is 0.282.